The molecule has 0 aromatic heterocycles. The first kappa shape index (κ1) is 12.3. The third-order valence-electron chi connectivity index (χ3n) is 1.98. The number of carbonyl (C=O) groups is 1. The van der Waals surface area contributed by atoms with Crippen LogP contribution in [0.1, 0.15) is 12.5 Å². The third kappa shape index (κ3) is 3.70. The van der Waals surface area contributed by atoms with Gasteiger partial charge in [0.1, 0.15) is 6.04 Å². The van der Waals surface area contributed by atoms with E-state index in [4.69, 9.17) is 28.3 Å². The zero-order chi connectivity index (χ0) is 11.4. The molecule has 15 heavy (non-hydrogen) atoms. The van der Waals surface area contributed by atoms with Gasteiger partial charge in [-0.1, -0.05) is 23.2 Å². The van der Waals surface area contributed by atoms with Gasteiger partial charge in [0.25, 0.3) is 0 Å². The number of hydrogen-bond donors (Lipinski definition) is 2. The number of aliphatic carboxylic acids is 1. The van der Waals surface area contributed by atoms with Crippen molar-refractivity contribution < 1.29 is 9.90 Å². The maximum atomic E-state index is 10.6. The fourth-order valence-electron chi connectivity index (χ4n) is 1.03. The second kappa shape index (κ2) is 5.35. The fraction of sp³-hybridized carbons (Fsp3) is 0.300. The van der Waals surface area contributed by atoms with Crippen molar-refractivity contribution in [1.29, 1.82) is 0 Å². The Kier molecular flexibility index (Phi) is 4.39. The molecule has 0 fully saturated rings. The van der Waals surface area contributed by atoms with Crippen molar-refractivity contribution in [2.75, 3.05) is 0 Å². The van der Waals surface area contributed by atoms with Gasteiger partial charge in [-0.3, -0.25) is 4.79 Å². The van der Waals surface area contributed by atoms with E-state index in [1.54, 1.807) is 25.1 Å². The Bertz CT molecular complexity index is 368. The average Bonchev–Trinajstić information content (AvgIpc) is 2.18. The van der Waals surface area contributed by atoms with E-state index in [0.717, 1.165) is 5.56 Å². The van der Waals surface area contributed by atoms with E-state index in [1.165, 1.54) is 0 Å². The van der Waals surface area contributed by atoms with Crippen LogP contribution in [-0.2, 0) is 11.3 Å². The quantitative estimate of drug-likeness (QED) is 0.860. The summed E-state index contributed by atoms with van der Waals surface area (Å²) in [6, 6.07) is 4.48. The summed E-state index contributed by atoms with van der Waals surface area (Å²) in [5.74, 6) is -0.895. The van der Waals surface area contributed by atoms with E-state index in [9.17, 15) is 4.79 Å². The topological polar surface area (TPSA) is 49.3 Å². The van der Waals surface area contributed by atoms with Gasteiger partial charge in [-0.25, -0.2) is 0 Å². The van der Waals surface area contributed by atoms with Crippen LogP contribution in [-0.4, -0.2) is 17.1 Å². The molecule has 0 saturated carbocycles. The molecule has 0 radical (unpaired) electrons. The lowest BCUT2D eigenvalue weighted by molar-refractivity contribution is -0.139. The molecule has 0 unspecified atom stereocenters. The molecule has 0 spiro atoms. The molecule has 0 amide bonds. The normalized spacial score (nSPS) is 12.5. The zero-order valence-corrected chi connectivity index (χ0v) is 9.64. The summed E-state index contributed by atoms with van der Waals surface area (Å²) in [5.41, 5.74) is 0.789. The summed E-state index contributed by atoms with van der Waals surface area (Å²) in [5, 5.41) is 12.6. The van der Waals surface area contributed by atoms with Gasteiger partial charge in [-0.2, -0.15) is 0 Å². The van der Waals surface area contributed by atoms with Crippen molar-refractivity contribution in [3.63, 3.8) is 0 Å². The van der Waals surface area contributed by atoms with Crippen molar-refractivity contribution in [3.8, 4) is 0 Å². The number of rotatable bonds is 4. The number of carboxylic acids is 1. The molecule has 3 nitrogen and oxygen atoms in total. The molecular weight excluding hydrogens is 237 g/mol. The van der Waals surface area contributed by atoms with E-state index in [-0.39, 0.29) is 0 Å². The molecule has 1 aromatic carbocycles. The van der Waals surface area contributed by atoms with E-state index in [1.807, 2.05) is 0 Å². The Morgan fingerprint density at radius 1 is 1.53 bits per heavy atom. The van der Waals surface area contributed by atoms with Crippen LogP contribution < -0.4 is 5.32 Å². The highest BCUT2D eigenvalue weighted by molar-refractivity contribution is 6.33. The Balaban J connectivity index is 2.65. The van der Waals surface area contributed by atoms with Crippen LogP contribution in [0.2, 0.25) is 10.0 Å². The van der Waals surface area contributed by atoms with Gasteiger partial charge in [-0.05, 0) is 30.7 Å². The summed E-state index contributed by atoms with van der Waals surface area (Å²) in [6.45, 7) is 1.95. The second-order valence-corrected chi connectivity index (χ2v) is 4.02. The zero-order valence-electron chi connectivity index (χ0n) is 8.13. The first-order valence-corrected chi connectivity index (χ1v) is 5.16. The second-order valence-electron chi connectivity index (χ2n) is 3.18. The molecule has 2 N–H and O–H groups in total. The van der Waals surface area contributed by atoms with Crippen molar-refractivity contribution in [3.05, 3.63) is 33.8 Å². The highest BCUT2D eigenvalue weighted by Gasteiger charge is 2.10. The van der Waals surface area contributed by atoms with Gasteiger partial charge >= 0.3 is 5.97 Å². The van der Waals surface area contributed by atoms with E-state index in [0.29, 0.717) is 16.6 Å². The van der Waals surface area contributed by atoms with Crippen LogP contribution in [0.5, 0.6) is 0 Å². The van der Waals surface area contributed by atoms with Crippen molar-refractivity contribution in [1.82, 2.24) is 5.32 Å². The molecule has 82 valence electrons. The van der Waals surface area contributed by atoms with Crippen LogP contribution in [0, 0.1) is 0 Å². The standard InChI is InChI=1S/C10H11Cl2NO2/c1-6(10(14)15)13-5-7-4-8(11)2-3-9(7)12/h2-4,6,13H,5H2,1H3,(H,14,15)/t6-/m0/s1. The minimum absolute atomic E-state index is 0.382. The van der Waals surface area contributed by atoms with Gasteiger partial charge in [0, 0.05) is 16.6 Å². The number of halogens is 2. The van der Waals surface area contributed by atoms with Crippen molar-refractivity contribution in [2.45, 2.75) is 19.5 Å². The molecule has 1 rings (SSSR count). The van der Waals surface area contributed by atoms with E-state index < -0.39 is 12.0 Å². The van der Waals surface area contributed by atoms with Crippen molar-refractivity contribution >= 4 is 29.2 Å². The monoisotopic (exact) mass is 247 g/mol. The van der Waals surface area contributed by atoms with E-state index in [2.05, 4.69) is 5.32 Å². The highest BCUT2D eigenvalue weighted by atomic mass is 35.5. The van der Waals surface area contributed by atoms with Crippen LogP contribution in [0.15, 0.2) is 18.2 Å². The molecule has 0 aliphatic rings. The maximum Gasteiger partial charge on any atom is 0.320 e. The Hall–Kier alpha value is -0.770. The van der Waals surface area contributed by atoms with Gasteiger partial charge < -0.3 is 10.4 Å². The number of benzene rings is 1. The van der Waals surface area contributed by atoms with Crippen LogP contribution in [0.3, 0.4) is 0 Å². The van der Waals surface area contributed by atoms with Gasteiger partial charge in [0.2, 0.25) is 0 Å². The Morgan fingerprint density at radius 3 is 2.80 bits per heavy atom. The molecule has 0 aliphatic heterocycles. The van der Waals surface area contributed by atoms with Crippen molar-refractivity contribution in [2.24, 2.45) is 0 Å². The molecule has 0 bridgehead atoms. The number of nitrogens with one attached hydrogen (secondary N) is 1. The van der Waals surface area contributed by atoms with Gasteiger partial charge in [0.15, 0.2) is 0 Å². The van der Waals surface area contributed by atoms with Crippen LogP contribution in [0.4, 0.5) is 0 Å². The van der Waals surface area contributed by atoms with Crippen LogP contribution in [0.25, 0.3) is 0 Å². The first-order valence-electron chi connectivity index (χ1n) is 4.41. The number of hydrogen-bond acceptors (Lipinski definition) is 2. The largest absolute Gasteiger partial charge is 0.480 e. The summed E-state index contributed by atoms with van der Waals surface area (Å²) in [4.78, 5) is 10.6. The lowest BCUT2D eigenvalue weighted by atomic mass is 10.2. The minimum atomic E-state index is -0.895. The van der Waals surface area contributed by atoms with Crippen LogP contribution >= 0.6 is 23.2 Å². The maximum absolute atomic E-state index is 10.6. The smallest absolute Gasteiger partial charge is 0.320 e. The summed E-state index contributed by atoms with van der Waals surface area (Å²) in [6.07, 6.45) is 0. The Labute approximate surface area is 98.0 Å². The molecule has 0 heterocycles. The highest BCUT2D eigenvalue weighted by Crippen LogP contribution is 2.20. The Morgan fingerprint density at radius 2 is 2.20 bits per heavy atom. The molecule has 5 heteroatoms. The molecular formula is C10H11Cl2NO2. The SMILES string of the molecule is C[C@H](NCc1cc(Cl)ccc1Cl)C(=O)O. The average molecular weight is 248 g/mol. The van der Waals surface area contributed by atoms with Gasteiger partial charge in [-0.15, -0.1) is 0 Å². The molecule has 0 saturated heterocycles. The molecule has 1 atom stereocenters. The molecule has 1 aromatic rings. The predicted octanol–water partition coefficient (Wildman–Crippen LogP) is 2.56. The molecule has 0 aliphatic carbocycles. The minimum Gasteiger partial charge on any atom is -0.480 e. The lowest BCUT2D eigenvalue weighted by Gasteiger charge is -2.10. The first-order chi connectivity index (χ1) is 7.00. The number of carboxylic acid groups (broad SMARTS) is 1. The lowest BCUT2D eigenvalue weighted by Crippen LogP contribution is -2.33. The van der Waals surface area contributed by atoms with Gasteiger partial charge in [0.05, 0.1) is 0 Å². The summed E-state index contributed by atoms with van der Waals surface area (Å²) in [7, 11) is 0. The third-order valence-corrected chi connectivity index (χ3v) is 2.58. The van der Waals surface area contributed by atoms with E-state index >= 15 is 0 Å². The predicted molar refractivity (Wildman–Crippen MR) is 60.4 cm³/mol. The summed E-state index contributed by atoms with van der Waals surface area (Å²) < 4.78 is 0. The fourth-order valence-corrected chi connectivity index (χ4v) is 1.41. The summed E-state index contributed by atoms with van der Waals surface area (Å²) >= 11 is 11.7.